The van der Waals surface area contributed by atoms with Crippen molar-refractivity contribution in [2.24, 2.45) is 0 Å². The van der Waals surface area contributed by atoms with Crippen molar-refractivity contribution >= 4 is 11.0 Å². The van der Waals surface area contributed by atoms with E-state index in [0.29, 0.717) is 18.2 Å². The van der Waals surface area contributed by atoms with Crippen LogP contribution in [0.15, 0.2) is 28.7 Å². The van der Waals surface area contributed by atoms with Gasteiger partial charge in [-0.1, -0.05) is 12.1 Å². The average molecular weight is 287 g/mol. The van der Waals surface area contributed by atoms with Gasteiger partial charge in [0.1, 0.15) is 5.76 Å². The Kier molecular flexibility index (Phi) is 3.16. The summed E-state index contributed by atoms with van der Waals surface area (Å²) in [5.74, 6) is 1.74. The molecule has 4 unspecified atom stereocenters. The van der Waals surface area contributed by atoms with Crippen LogP contribution in [-0.4, -0.2) is 25.4 Å². The molecule has 112 valence electrons. The molecular weight excluding hydrogens is 266 g/mol. The molecule has 0 amide bonds. The van der Waals surface area contributed by atoms with Gasteiger partial charge in [0.2, 0.25) is 0 Å². The second-order valence-corrected chi connectivity index (χ2v) is 6.13. The van der Waals surface area contributed by atoms with Crippen LogP contribution in [0.3, 0.4) is 0 Å². The number of methoxy groups -OCH3 is 1. The van der Waals surface area contributed by atoms with Gasteiger partial charge in [-0.25, -0.2) is 0 Å². The standard InChI is InChI=1S/C17H21NO3/c1-10(18-13-9-12-6-7-14(13)20-12)16-8-11-4-3-5-15(19-2)17(11)21-16/h3-5,8,10,12-14,18H,6-7,9H2,1-2H3. The zero-order chi connectivity index (χ0) is 14.4. The molecule has 0 spiro atoms. The predicted octanol–water partition coefficient (Wildman–Crippen LogP) is 3.41. The van der Waals surface area contributed by atoms with Gasteiger partial charge in [0.15, 0.2) is 11.3 Å². The quantitative estimate of drug-likeness (QED) is 0.936. The van der Waals surface area contributed by atoms with Crippen LogP contribution in [0.1, 0.15) is 38.0 Å². The maximum atomic E-state index is 6.01. The first-order valence-electron chi connectivity index (χ1n) is 7.72. The highest BCUT2D eigenvalue weighted by Gasteiger charge is 2.41. The Morgan fingerprint density at radius 1 is 1.33 bits per heavy atom. The third-order valence-electron chi connectivity index (χ3n) is 4.74. The molecule has 1 N–H and O–H groups in total. The third-order valence-corrected chi connectivity index (χ3v) is 4.74. The molecule has 4 nitrogen and oxygen atoms in total. The van der Waals surface area contributed by atoms with Crippen LogP contribution < -0.4 is 10.1 Å². The van der Waals surface area contributed by atoms with E-state index in [-0.39, 0.29) is 6.04 Å². The lowest BCUT2D eigenvalue weighted by molar-refractivity contribution is 0.0959. The van der Waals surface area contributed by atoms with Crippen LogP contribution in [0.25, 0.3) is 11.0 Å². The Bertz CT molecular complexity index is 651. The van der Waals surface area contributed by atoms with Gasteiger partial charge in [0, 0.05) is 11.4 Å². The number of hydrogen-bond acceptors (Lipinski definition) is 4. The third kappa shape index (κ3) is 2.23. The van der Waals surface area contributed by atoms with Crippen molar-refractivity contribution in [3.05, 3.63) is 30.0 Å². The number of ether oxygens (including phenoxy) is 2. The van der Waals surface area contributed by atoms with Gasteiger partial charge >= 0.3 is 0 Å². The fourth-order valence-electron chi connectivity index (χ4n) is 3.65. The van der Waals surface area contributed by atoms with Gasteiger partial charge in [0.25, 0.3) is 0 Å². The van der Waals surface area contributed by atoms with Crippen LogP contribution in [0.2, 0.25) is 0 Å². The highest BCUT2D eigenvalue weighted by atomic mass is 16.5. The molecule has 4 atom stereocenters. The zero-order valence-electron chi connectivity index (χ0n) is 12.5. The van der Waals surface area contributed by atoms with E-state index >= 15 is 0 Å². The van der Waals surface area contributed by atoms with Crippen LogP contribution in [-0.2, 0) is 4.74 Å². The minimum absolute atomic E-state index is 0.176. The maximum absolute atomic E-state index is 6.01. The lowest BCUT2D eigenvalue weighted by Crippen LogP contribution is -2.38. The van der Waals surface area contributed by atoms with Gasteiger partial charge in [-0.15, -0.1) is 0 Å². The zero-order valence-corrected chi connectivity index (χ0v) is 12.5. The average Bonchev–Trinajstić information content (AvgIpc) is 3.20. The number of benzene rings is 1. The number of furan rings is 1. The normalized spacial score (nSPS) is 29.1. The molecule has 21 heavy (non-hydrogen) atoms. The summed E-state index contributed by atoms with van der Waals surface area (Å²) < 4.78 is 17.3. The lowest BCUT2D eigenvalue weighted by Gasteiger charge is -2.23. The van der Waals surface area contributed by atoms with Crippen molar-refractivity contribution < 1.29 is 13.9 Å². The second-order valence-electron chi connectivity index (χ2n) is 6.13. The second kappa shape index (κ2) is 5.04. The Hall–Kier alpha value is -1.52. The molecule has 0 radical (unpaired) electrons. The van der Waals surface area contributed by atoms with Crippen molar-refractivity contribution in [1.29, 1.82) is 0 Å². The smallest absolute Gasteiger partial charge is 0.176 e. The number of rotatable bonds is 4. The van der Waals surface area contributed by atoms with E-state index in [9.17, 15) is 0 Å². The van der Waals surface area contributed by atoms with Crippen molar-refractivity contribution in [1.82, 2.24) is 5.32 Å². The molecule has 2 fully saturated rings. The first-order chi connectivity index (χ1) is 10.2. The summed E-state index contributed by atoms with van der Waals surface area (Å²) in [6.07, 6.45) is 4.38. The SMILES string of the molecule is COc1cccc2cc(C(C)NC3CC4CCC3O4)oc12. The summed E-state index contributed by atoms with van der Waals surface area (Å²) in [5.41, 5.74) is 0.827. The van der Waals surface area contributed by atoms with E-state index in [1.54, 1.807) is 7.11 Å². The number of para-hydroxylation sites is 1. The topological polar surface area (TPSA) is 43.6 Å². The lowest BCUT2D eigenvalue weighted by atomic mass is 9.95. The summed E-state index contributed by atoms with van der Waals surface area (Å²) in [4.78, 5) is 0. The number of hydrogen-bond donors (Lipinski definition) is 1. The largest absolute Gasteiger partial charge is 0.493 e. The van der Waals surface area contributed by atoms with Gasteiger partial charge in [-0.3, -0.25) is 0 Å². The van der Waals surface area contributed by atoms with Crippen LogP contribution >= 0.6 is 0 Å². The molecule has 2 aromatic rings. The Balaban J connectivity index is 1.55. The fraction of sp³-hybridized carbons (Fsp3) is 0.529. The molecule has 4 rings (SSSR count). The molecule has 2 bridgehead atoms. The number of fused-ring (bicyclic) bond motifs is 3. The Morgan fingerprint density at radius 3 is 2.95 bits per heavy atom. The Morgan fingerprint density at radius 2 is 2.24 bits per heavy atom. The monoisotopic (exact) mass is 287 g/mol. The highest BCUT2D eigenvalue weighted by molar-refractivity contribution is 5.83. The predicted molar refractivity (Wildman–Crippen MR) is 80.6 cm³/mol. The molecule has 0 saturated carbocycles. The van der Waals surface area contributed by atoms with Crippen LogP contribution in [0, 0.1) is 0 Å². The molecule has 2 aliphatic heterocycles. The first kappa shape index (κ1) is 13.2. The molecular formula is C17H21NO3. The molecule has 0 aliphatic carbocycles. The number of nitrogens with one attached hydrogen (secondary N) is 1. The molecule has 4 heteroatoms. The Labute approximate surface area is 124 Å². The molecule has 3 heterocycles. The molecule has 1 aromatic carbocycles. The van der Waals surface area contributed by atoms with Gasteiger partial charge in [-0.2, -0.15) is 0 Å². The van der Waals surface area contributed by atoms with Crippen LogP contribution in [0.5, 0.6) is 5.75 Å². The van der Waals surface area contributed by atoms with Crippen LogP contribution in [0.4, 0.5) is 0 Å². The van der Waals surface area contributed by atoms with E-state index < -0.39 is 0 Å². The molecule has 2 saturated heterocycles. The summed E-state index contributed by atoms with van der Waals surface area (Å²) in [6, 6.07) is 8.70. The highest BCUT2D eigenvalue weighted by Crippen LogP contribution is 2.36. The molecule has 1 aromatic heterocycles. The van der Waals surface area contributed by atoms with Crippen molar-refractivity contribution in [2.75, 3.05) is 7.11 Å². The van der Waals surface area contributed by atoms with E-state index in [0.717, 1.165) is 28.9 Å². The van der Waals surface area contributed by atoms with Crippen molar-refractivity contribution in [3.63, 3.8) is 0 Å². The minimum Gasteiger partial charge on any atom is -0.493 e. The van der Waals surface area contributed by atoms with Crippen molar-refractivity contribution in [3.8, 4) is 5.75 Å². The summed E-state index contributed by atoms with van der Waals surface area (Å²) >= 11 is 0. The van der Waals surface area contributed by atoms with E-state index in [1.807, 2.05) is 12.1 Å². The van der Waals surface area contributed by atoms with Gasteiger partial charge in [0.05, 0.1) is 25.4 Å². The fourth-order valence-corrected chi connectivity index (χ4v) is 3.65. The first-order valence-corrected chi connectivity index (χ1v) is 7.72. The summed E-state index contributed by atoms with van der Waals surface area (Å²) in [7, 11) is 1.67. The van der Waals surface area contributed by atoms with E-state index in [2.05, 4.69) is 24.4 Å². The van der Waals surface area contributed by atoms with Gasteiger partial charge in [-0.05, 0) is 38.3 Å². The summed E-state index contributed by atoms with van der Waals surface area (Å²) in [6.45, 7) is 2.15. The maximum Gasteiger partial charge on any atom is 0.176 e. The van der Waals surface area contributed by atoms with Gasteiger partial charge < -0.3 is 19.2 Å². The minimum atomic E-state index is 0.176. The molecule has 2 aliphatic rings. The summed E-state index contributed by atoms with van der Waals surface area (Å²) in [5, 5.41) is 4.75. The van der Waals surface area contributed by atoms with E-state index in [4.69, 9.17) is 13.9 Å². The van der Waals surface area contributed by atoms with E-state index in [1.165, 1.54) is 12.8 Å². The van der Waals surface area contributed by atoms with Crippen molar-refractivity contribution in [2.45, 2.75) is 50.5 Å².